The van der Waals surface area contributed by atoms with Gasteiger partial charge in [-0.25, -0.2) is 0 Å². The summed E-state index contributed by atoms with van der Waals surface area (Å²) < 4.78 is 0. The van der Waals surface area contributed by atoms with E-state index in [0.717, 1.165) is 0 Å². The Bertz CT molecular complexity index is 200. The van der Waals surface area contributed by atoms with Crippen LogP contribution in [0, 0.1) is 0 Å². The molecule has 0 fully saturated rings. The minimum absolute atomic E-state index is 0. The first-order chi connectivity index (χ1) is 12.3. The van der Waals surface area contributed by atoms with Gasteiger partial charge in [0.15, 0.2) is 0 Å². The molecule has 0 unspecified atom stereocenters. The van der Waals surface area contributed by atoms with Gasteiger partial charge in [0.05, 0.1) is 0 Å². The Morgan fingerprint density at radius 3 is 0.852 bits per heavy atom. The number of hydrogen-bond donors (Lipinski definition) is 0. The van der Waals surface area contributed by atoms with Crippen molar-refractivity contribution >= 4 is 31.8 Å². The number of rotatable bonds is 21. The van der Waals surface area contributed by atoms with E-state index in [4.69, 9.17) is 0 Å². The molecule has 167 valence electrons. The third-order valence-electron chi connectivity index (χ3n) is 5.48. The Hall–Kier alpha value is 1.16. The van der Waals surface area contributed by atoms with Crippen LogP contribution in [0.25, 0.3) is 0 Å². The Balaban J connectivity index is -0.00000288. The first kappa shape index (κ1) is 32.8. The molecule has 0 rings (SSSR count). The zero-order valence-electron chi connectivity index (χ0n) is 18.7. The van der Waals surface area contributed by atoms with Crippen molar-refractivity contribution in [3.05, 3.63) is 0 Å². The molecule has 0 aromatic heterocycles. The number of halogens is 1. The van der Waals surface area contributed by atoms with E-state index in [2.05, 4.69) is 20.8 Å². The van der Waals surface area contributed by atoms with Crippen LogP contribution in [0.15, 0.2) is 0 Å². The second kappa shape index (κ2) is 29.4. The summed E-state index contributed by atoms with van der Waals surface area (Å²) in [6.45, 7) is 6.96. The van der Waals surface area contributed by atoms with Crippen LogP contribution in [0.3, 0.4) is 0 Å². The van der Waals surface area contributed by atoms with Gasteiger partial charge in [-0.15, -0.1) is 7.92 Å². The zero-order valence-corrected chi connectivity index (χ0v) is 19.6. The fourth-order valence-electron chi connectivity index (χ4n) is 3.68. The third kappa shape index (κ3) is 27.2. The average molecular weight is 512 g/mol. The Labute approximate surface area is 190 Å². The molecule has 3 heteroatoms. The van der Waals surface area contributed by atoms with E-state index < -0.39 is 0 Å². The van der Waals surface area contributed by atoms with Crippen LogP contribution in [0.2, 0.25) is 0 Å². The molecule has 27 heavy (non-hydrogen) atoms. The molecule has 0 bridgehead atoms. The van der Waals surface area contributed by atoms with Gasteiger partial charge < -0.3 is 0 Å². The first-order valence-electron chi connectivity index (χ1n) is 12.1. The molecule has 0 aromatic carbocycles. The molecule has 0 saturated carbocycles. The van der Waals surface area contributed by atoms with Gasteiger partial charge in [0.25, 0.3) is 0 Å². The quantitative estimate of drug-likeness (QED) is 0.0822. The van der Waals surface area contributed by atoms with Crippen molar-refractivity contribution in [2.45, 2.75) is 136 Å². The van der Waals surface area contributed by atoms with E-state index in [1.807, 2.05) is 0 Å². The topological polar surface area (TPSA) is 0 Å². The summed E-state index contributed by atoms with van der Waals surface area (Å²) in [6.07, 6.45) is 31.2. The van der Waals surface area contributed by atoms with Gasteiger partial charge >= 0.3 is 23.9 Å². The van der Waals surface area contributed by atoms with Gasteiger partial charge in [-0.2, -0.15) is 0 Å². The molecule has 0 N–H and O–H groups in total. The summed E-state index contributed by atoms with van der Waals surface area (Å²) in [5, 5.41) is 0. The maximum atomic E-state index is 2.32. The molecule has 0 heterocycles. The van der Waals surface area contributed by atoms with Crippen LogP contribution >= 0.6 is 7.92 Å². The molecule has 0 saturated heterocycles. The van der Waals surface area contributed by atoms with Gasteiger partial charge in [-0.3, -0.25) is 0 Å². The second-order valence-electron chi connectivity index (χ2n) is 8.14. The SMILES string of the molecule is CCCCCCCCP(CCCCCCCC)CCCCCCCC.[F].[SnH4]. The van der Waals surface area contributed by atoms with Crippen LogP contribution < -0.4 is 0 Å². The van der Waals surface area contributed by atoms with Crippen LogP contribution in [0.4, 0.5) is 4.70 Å². The van der Waals surface area contributed by atoms with Crippen LogP contribution in [0.5, 0.6) is 0 Å². The van der Waals surface area contributed by atoms with Gasteiger partial charge in [0.2, 0.25) is 0 Å². The van der Waals surface area contributed by atoms with Gasteiger partial charge in [0, 0.05) is 4.70 Å². The molecular weight excluding hydrogens is 457 g/mol. The van der Waals surface area contributed by atoms with Crippen molar-refractivity contribution in [1.29, 1.82) is 0 Å². The molecule has 0 atom stereocenters. The van der Waals surface area contributed by atoms with Crippen molar-refractivity contribution in [2.75, 3.05) is 18.5 Å². The van der Waals surface area contributed by atoms with Crippen molar-refractivity contribution in [3.63, 3.8) is 0 Å². The van der Waals surface area contributed by atoms with Gasteiger partial charge in [-0.1, -0.05) is 117 Å². The van der Waals surface area contributed by atoms with Gasteiger partial charge in [0.1, 0.15) is 0 Å². The summed E-state index contributed by atoms with van der Waals surface area (Å²) in [7, 11) is 0.366. The van der Waals surface area contributed by atoms with Crippen molar-refractivity contribution < 1.29 is 4.70 Å². The summed E-state index contributed by atoms with van der Waals surface area (Å²) in [5.74, 6) is 0. The Morgan fingerprint density at radius 1 is 0.370 bits per heavy atom. The predicted molar refractivity (Wildman–Crippen MR) is 134 cm³/mol. The molecular formula is C24H55FPSn. The Kier molecular flexibility index (Phi) is 35.7. The van der Waals surface area contributed by atoms with Crippen molar-refractivity contribution in [1.82, 2.24) is 0 Å². The second-order valence-corrected chi connectivity index (χ2v) is 10.8. The summed E-state index contributed by atoms with van der Waals surface area (Å²) in [6, 6.07) is 0. The molecule has 1 radical (unpaired) electrons. The van der Waals surface area contributed by atoms with E-state index in [0.29, 0.717) is 7.92 Å². The minimum atomic E-state index is 0. The van der Waals surface area contributed by atoms with Crippen LogP contribution in [-0.2, 0) is 0 Å². The fourth-order valence-corrected chi connectivity index (χ4v) is 6.37. The summed E-state index contributed by atoms with van der Waals surface area (Å²) in [4.78, 5) is 0. The average Bonchev–Trinajstić information content (AvgIpc) is 2.63. The Morgan fingerprint density at radius 2 is 0.593 bits per heavy atom. The van der Waals surface area contributed by atoms with Crippen LogP contribution in [-0.4, -0.2) is 42.4 Å². The van der Waals surface area contributed by atoms with Crippen molar-refractivity contribution in [2.24, 2.45) is 0 Å². The molecule has 0 amide bonds. The number of hydrogen-bond acceptors (Lipinski definition) is 0. The van der Waals surface area contributed by atoms with Crippen molar-refractivity contribution in [3.8, 4) is 0 Å². The third-order valence-corrected chi connectivity index (χ3v) is 8.33. The van der Waals surface area contributed by atoms with E-state index in [9.17, 15) is 0 Å². The monoisotopic (exact) mass is 513 g/mol. The predicted octanol–water partition coefficient (Wildman–Crippen LogP) is 8.52. The maximum absolute atomic E-state index is 2.32. The number of unbranched alkanes of at least 4 members (excludes halogenated alkanes) is 15. The van der Waals surface area contributed by atoms with E-state index in [-0.39, 0.29) is 28.6 Å². The molecule has 0 spiro atoms. The van der Waals surface area contributed by atoms with Crippen LogP contribution in [0.1, 0.15) is 136 Å². The van der Waals surface area contributed by atoms with E-state index >= 15 is 0 Å². The van der Waals surface area contributed by atoms with E-state index in [1.165, 1.54) is 116 Å². The van der Waals surface area contributed by atoms with Gasteiger partial charge in [-0.05, 0) is 37.7 Å². The fraction of sp³-hybridized carbons (Fsp3) is 1.00. The summed E-state index contributed by atoms with van der Waals surface area (Å²) >= 11 is 0. The summed E-state index contributed by atoms with van der Waals surface area (Å²) in [5.41, 5.74) is 0. The molecule has 0 aliphatic carbocycles. The molecule has 0 aliphatic rings. The standard InChI is InChI=1S/C24H51P.F.Sn.4H/c1-4-7-10-13-16-19-22-25(23-20-17-14-11-8-5-2)24-21-18-15-12-9-6-3;;;;;;/h4-24H2,1-3H3;;;;;;. The molecule has 0 aliphatic heterocycles. The molecule has 0 aromatic rings. The molecule has 0 nitrogen and oxygen atoms in total. The van der Waals surface area contributed by atoms with E-state index in [1.54, 1.807) is 18.5 Å². The normalized spacial score (nSPS) is 10.7. The first-order valence-corrected chi connectivity index (χ1v) is 14.0. The zero-order chi connectivity index (χ0) is 18.4.